The van der Waals surface area contributed by atoms with Gasteiger partial charge in [0.2, 0.25) is 0 Å². The van der Waals surface area contributed by atoms with Gasteiger partial charge in [0, 0.05) is 5.57 Å². The van der Waals surface area contributed by atoms with Crippen molar-refractivity contribution in [2.45, 2.75) is 78.1 Å². The van der Waals surface area contributed by atoms with Crippen molar-refractivity contribution in [2.75, 3.05) is 0 Å². The molecule has 2 heteroatoms. The number of aliphatic carboxylic acids is 1. The topological polar surface area (TPSA) is 37.3 Å². The zero-order chi connectivity index (χ0) is 15.2. The van der Waals surface area contributed by atoms with E-state index in [1.54, 1.807) is 6.08 Å². The van der Waals surface area contributed by atoms with E-state index < -0.39 is 5.97 Å². The van der Waals surface area contributed by atoms with Gasteiger partial charge < -0.3 is 5.11 Å². The molecule has 1 N–H and O–H groups in total. The Bertz CT molecular complexity index is 356. The second-order valence-corrected chi connectivity index (χ2v) is 7.47. The molecule has 0 unspecified atom stereocenters. The molecule has 0 bridgehead atoms. The summed E-state index contributed by atoms with van der Waals surface area (Å²) < 4.78 is 0. The van der Waals surface area contributed by atoms with Crippen LogP contribution in [-0.4, -0.2) is 11.1 Å². The lowest BCUT2D eigenvalue weighted by atomic mass is 9.74. The second-order valence-electron chi connectivity index (χ2n) is 7.47. The molecule has 0 heterocycles. The van der Waals surface area contributed by atoms with Crippen LogP contribution in [0.15, 0.2) is 11.6 Å². The zero-order valence-corrected chi connectivity index (χ0v) is 13.8. The summed E-state index contributed by atoms with van der Waals surface area (Å²) in [6.45, 7) is 4.25. The van der Waals surface area contributed by atoms with Gasteiger partial charge in [0.1, 0.15) is 0 Å². The minimum atomic E-state index is -0.711. The first kappa shape index (κ1) is 16.6. The van der Waals surface area contributed by atoms with Gasteiger partial charge in [0.25, 0.3) is 0 Å². The SMILES string of the molecule is CC=C(C(=O)O)C1CCC(CCC2CCC(C)CC2)CC1. The smallest absolute Gasteiger partial charge is 0.331 e. The highest BCUT2D eigenvalue weighted by Crippen LogP contribution is 2.38. The van der Waals surface area contributed by atoms with Crippen LogP contribution in [0.5, 0.6) is 0 Å². The Balaban J connectivity index is 1.68. The fourth-order valence-electron chi connectivity index (χ4n) is 4.39. The predicted octanol–water partition coefficient (Wildman–Crippen LogP) is 5.43. The first-order chi connectivity index (χ1) is 10.1. The first-order valence-corrected chi connectivity index (χ1v) is 8.99. The lowest BCUT2D eigenvalue weighted by molar-refractivity contribution is -0.133. The molecule has 0 radical (unpaired) electrons. The molecule has 0 atom stereocenters. The number of hydrogen-bond acceptors (Lipinski definition) is 1. The van der Waals surface area contributed by atoms with Gasteiger partial charge >= 0.3 is 5.97 Å². The predicted molar refractivity (Wildman–Crippen MR) is 87.2 cm³/mol. The minimum Gasteiger partial charge on any atom is -0.478 e. The summed E-state index contributed by atoms with van der Waals surface area (Å²) in [6, 6.07) is 0. The van der Waals surface area contributed by atoms with E-state index in [2.05, 4.69) is 6.92 Å². The average molecular weight is 292 g/mol. The van der Waals surface area contributed by atoms with E-state index in [4.69, 9.17) is 0 Å². The third-order valence-electron chi connectivity index (χ3n) is 5.96. The van der Waals surface area contributed by atoms with Crippen LogP contribution in [0.3, 0.4) is 0 Å². The largest absolute Gasteiger partial charge is 0.478 e. The molecule has 0 saturated heterocycles. The van der Waals surface area contributed by atoms with E-state index in [9.17, 15) is 9.90 Å². The third-order valence-corrected chi connectivity index (χ3v) is 5.96. The van der Waals surface area contributed by atoms with E-state index in [1.165, 1.54) is 51.4 Å². The van der Waals surface area contributed by atoms with Crippen LogP contribution in [0.25, 0.3) is 0 Å². The Kier molecular flexibility index (Phi) is 6.32. The fourth-order valence-corrected chi connectivity index (χ4v) is 4.39. The summed E-state index contributed by atoms with van der Waals surface area (Å²) in [6.07, 6.45) is 15.0. The molecule has 2 rings (SSSR count). The molecule has 2 fully saturated rings. The molecule has 21 heavy (non-hydrogen) atoms. The molecule has 0 amide bonds. The Labute approximate surface area is 130 Å². The van der Waals surface area contributed by atoms with Gasteiger partial charge in [0.05, 0.1) is 0 Å². The normalized spacial score (nSPS) is 34.7. The maximum absolute atomic E-state index is 11.2. The maximum Gasteiger partial charge on any atom is 0.331 e. The summed E-state index contributed by atoms with van der Waals surface area (Å²) in [4.78, 5) is 11.2. The number of carboxylic acid groups (broad SMARTS) is 1. The van der Waals surface area contributed by atoms with Gasteiger partial charge in [-0.2, -0.15) is 0 Å². The van der Waals surface area contributed by atoms with Crippen molar-refractivity contribution < 1.29 is 9.90 Å². The lowest BCUT2D eigenvalue weighted by Crippen LogP contribution is -2.21. The Hall–Kier alpha value is -0.790. The van der Waals surface area contributed by atoms with Gasteiger partial charge in [-0.05, 0) is 56.3 Å². The molecule has 0 aromatic heterocycles. The molecule has 0 spiro atoms. The molecular weight excluding hydrogens is 260 g/mol. The standard InChI is InChI=1S/C19H32O2/c1-3-18(19(20)21)17-12-10-16(11-13-17)9-8-15-6-4-14(2)5-7-15/h3,14-17H,4-13H2,1-2H3,(H,20,21). The van der Waals surface area contributed by atoms with Crippen molar-refractivity contribution in [3.63, 3.8) is 0 Å². The monoisotopic (exact) mass is 292 g/mol. The number of carboxylic acids is 1. The summed E-state index contributed by atoms with van der Waals surface area (Å²) in [5.41, 5.74) is 0.648. The van der Waals surface area contributed by atoms with E-state index in [-0.39, 0.29) is 0 Å². The highest BCUT2D eigenvalue weighted by Gasteiger charge is 2.27. The highest BCUT2D eigenvalue weighted by molar-refractivity contribution is 5.87. The van der Waals surface area contributed by atoms with Gasteiger partial charge in [-0.1, -0.05) is 51.5 Å². The van der Waals surface area contributed by atoms with Crippen molar-refractivity contribution in [3.8, 4) is 0 Å². The number of allylic oxidation sites excluding steroid dienone is 1. The Morgan fingerprint density at radius 3 is 1.86 bits per heavy atom. The van der Waals surface area contributed by atoms with Crippen LogP contribution in [0, 0.1) is 23.7 Å². The molecule has 2 aliphatic rings. The van der Waals surface area contributed by atoms with E-state index in [0.29, 0.717) is 11.5 Å². The zero-order valence-electron chi connectivity index (χ0n) is 13.8. The van der Waals surface area contributed by atoms with Crippen molar-refractivity contribution in [1.29, 1.82) is 0 Å². The Morgan fingerprint density at radius 1 is 0.952 bits per heavy atom. The van der Waals surface area contributed by atoms with Crippen molar-refractivity contribution in [3.05, 3.63) is 11.6 Å². The molecule has 0 aromatic rings. The quantitative estimate of drug-likeness (QED) is 0.686. The molecule has 0 aliphatic heterocycles. The number of rotatable bonds is 5. The van der Waals surface area contributed by atoms with Crippen LogP contribution in [0.2, 0.25) is 0 Å². The second kappa shape index (κ2) is 8.00. The van der Waals surface area contributed by atoms with Gasteiger partial charge in [0.15, 0.2) is 0 Å². The van der Waals surface area contributed by atoms with Crippen LogP contribution in [0.4, 0.5) is 0 Å². The lowest BCUT2D eigenvalue weighted by Gasteiger charge is -2.31. The van der Waals surface area contributed by atoms with Gasteiger partial charge in [-0.3, -0.25) is 0 Å². The third kappa shape index (κ3) is 4.86. The van der Waals surface area contributed by atoms with Crippen molar-refractivity contribution in [2.24, 2.45) is 23.7 Å². The number of carbonyl (C=O) groups is 1. The maximum atomic E-state index is 11.2. The van der Waals surface area contributed by atoms with Crippen LogP contribution < -0.4 is 0 Å². The first-order valence-electron chi connectivity index (χ1n) is 8.99. The molecule has 120 valence electrons. The van der Waals surface area contributed by atoms with Gasteiger partial charge in [-0.15, -0.1) is 0 Å². The molecule has 2 aliphatic carbocycles. The van der Waals surface area contributed by atoms with Crippen LogP contribution in [-0.2, 0) is 4.79 Å². The van der Waals surface area contributed by atoms with Crippen molar-refractivity contribution >= 4 is 5.97 Å². The van der Waals surface area contributed by atoms with E-state index in [0.717, 1.165) is 30.6 Å². The van der Waals surface area contributed by atoms with Crippen molar-refractivity contribution in [1.82, 2.24) is 0 Å². The minimum absolute atomic E-state index is 0.305. The summed E-state index contributed by atoms with van der Waals surface area (Å²) in [5, 5.41) is 9.22. The highest BCUT2D eigenvalue weighted by atomic mass is 16.4. The Morgan fingerprint density at radius 2 is 1.43 bits per heavy atom. The van der Waals surface area contributed by atoms with Gasteiger partial charge in [-0.25, -0.2) is 4.79 Å². The molecular formula is C19H32O2. The van der Waals surface area contributed by atoms with Crippen LogP contribution in [0.1, 0.15) is 78.1 Å². The van der Waals surface area contributed by atoms with E-state index in [1.807, 2.05) is 6.92 Å². The summed E-state index contributed by atoms with van der Waals surface area (Å²) >= 11 is 0. The molecule has 0 aromatic carbocycles. The van der Waals surface area contributed by atoms with Crippen LogP contribution >= 0.6 is 0 Å². The molecule has 2 saturated carbocycles. The number of hydrogen-bond donors (Lipinski definition) is 1. The molecule has 2 nitrogen and oxygen atoms in total. The summed E-state index contributed by atoms with van der Waals surface area (Å²) in [5.74, 6) is 2.38. The average Bonchev–Trinajstić information content (AvgIpc) is 2.48. The summed E-state index contributed by atoms with van der Waals surface area (Å²) in [7, 11) is 0. The fraction of sp³-hybridized carbons (Fsp3) is 0.842. The van der Waals surface area contributed by atoms with E-state index >= 15 is 0 Å².